The normalized spacial score (nSPS) is 11.0. The van der Waals surface area contributed by atoms with E-state index >= 15 is 0 Å². The Kier molecular flexibility index (Phi) is 4.30. The fraction of sp³-hybridized carbons (Fsp3) is 0.214. The van der Waals surface area contributed by atoms with Crippen molar-refractivity contribution in [2.45, 2.75) is 18.6 Å². The van der Waals surface area contributed by atoms with E-state index in [2.05, 4.69) is 27.2 Å². The number of rotatable bonds is 5. The molecular weight excluding hydrogens is 316 g/mol. The van der Waals surface area contributed by atoms with E-state index in [9.17, 15) is 0 Å². The van der Waals surface area contributed by atoms with Gasteiger partial charge in [0.05, 0.1) is 0 Å². The molecule has 0 amide bonds. The Bertz CT molecular complexity index is 801. The molecule has 114 valence electrons. The van der Waals surface area contributed by atoms with Crippen LogP contribution in [0.5, 0.6) is 0 Å². The lowest BCUT2D eigenvalue weighted by Crippen LogP contribution is -2.05. The highest BCUT2D eigenvalue weighted by Crippen LogP contribution is 2.31. The van der Waals surface area contributed by atoms with Gasteiger partial charge in [0.15, 0.2) is 21.8 Å². The number of thioether (sulfide) groups is 1. The zero-order valence-electron chi connectivity index (χ0n) is 12.0. The SMILES string of the molecule is CCSc1nc(NCc2ccccc2N)c2sc(N)nc2n1. The molecule has 0 spiro atoms. The number of benzene rings is 1. The summed E-state index contributed by atoms with van der Waals surface area (Å²) in [4.78, 5) is 13.2. The first-order chi connectivity index (χ1) is 10.7. The number of hydrogen-bond donors (Lipinski definition) is 3. The van der Waals surface area contributed by atoms with Crippen molar-refractivity contribution in [3.05, 3.63) is 29.8 Å². The van der Waals surface area contributed by atoms with Crippen LogP contribution in [0, 0.1) is 0 Å². The van der Waals surface area contributed by atoms with Crippen molar-refractivity contribution in [1.29, 1.82) is 0 Å². The number of anilines is 3. The van der Waals surface area contributed by atoms with Crippen LogP contribution in [0.2, 0.25) is 0 Å². The second kappa shape index (κ2) is 6.37. The van der Waals surface area contributed by atoms with Gasteiger partial charge in [-0.25, -0.2) is 15.0 Å². The number of nitrogens with one attached hydrogen (secondary N) is 1. The maximum atomic E-state index is 5.97. The lowest BCUT2D eigenvalue weighted by molar-refractivity contribution is 0.980. The number of para-hydroxylation sites is 1. The summed E-state index contributed by atoms with van der Waals surface area (Å²) in [5.41, 5.74) is 14.2. The summed E-state index contributed by atoms with van der Waals surface area (Å²) < 4.78 is 0.868. The molecule has 0 saturated carbocycles. The lowest BCUT2D eigenvalue weighted by Gasteiger charge is -2.09. The minimum absolute atomic E-state index is 0.491. The molecule has 0 atom stereocenters. The van der Waals surface area contributed by atoms with E-state index in [1.54, 1.807) is 11.8 Å². The molecule has 3 aromatic rings. The number of nitrogens with two attached hydrogens (primary N) is 2. The third-order valence-corrected chi connectivity index (χ3v) is 4.63. The molecule has 8 heteroatoms. The largest absolute Gasteiger partial charge is 0.398 e. The van der Waals surface area contributed by atoms with E-state index in [-0.39, 0.29) is 0 Å². The van der Waals surface area contributed by atoms with Gasteiger partial charge in [0.25, 0.3) is 0 Å². The standard InChI is InChI=1S/C14H16N6S2/c1-2-21-14-19-11(10-12(20-14)18-13(16)22-10)17-7-8-5-3-4-6-9(8)15/h3-6H,2,7,15H2,1H3,(H3,16,17,18,19,20). The molecule has 0 unspecified atom stereocenters. The number of nitrogens with zero attached hydrogens (tertiary/aromatic N) is 3. The van der Waals surface area contributed by atoms with Crippen LogP contribution in [-0.2, 0) is 6.54 Å². The molecule has 3 rings (SSSR count). The highest BCUT2D eigenvalue weighted by Gasteiger charge is 2.12. The predicted octanol–water partition coefficient (Wildman–Crippen LogP) is 2.97. The number of fused-ring (bicyclic) bond motifs is 1. The molecule has 0 bridgehead atoms. The monoisotopic (exact) mass is 332 g/mol. The van der Waals surface area contributed by atoms with E-state index in [0.717, 1.165) is 27.5 Å². The summed E-state index contributed by atoms with van der Waals surface area (Å²) in [5.74, 6) is 1.65. The Morgan fingerprint density at radius 3 is 2.77 bits per heavy atom. The molecule has 0 fully saturated rings. The smallest absolute Gasteiger partial charge is 0.191 e. The van der Waals surface area contributed by atoms with Gasteiger partial charge in [-0.2, -0.15) is 0 Å². The Labute approximate surface area is 136 Å². The number of nitrogen functional groups attached to an aromatic ring is 2. The van der Waals surface area contributed by atoms with Crippen molar-refractivity contribution >= 4 is 50.1 Å². The zero-order chi connectivity index (χ0) is 15.5. The molecule has 1 aromatic carbocycles. The van der Waals surface area contributed by atoms with Crippen LogP contribution < -0.4 is 16.8 Å². The van der Waals surface area contributed by atoms with Crippen molar-refractivity contribution in [1.82, 2.24) is 15.0 Å². The summed E-state index contributed by atoms with van der Waals surface area (Å²) in [5, 5.41) is 4.52. The van der Waals surface area contributed by atoms with Gasteiger partial charge in [-0.05, 0) is 17.4 Å². The Balaban J connectivity index is 1.93. The first-order valence-corrected chi connectivity index (χ1v) is 8.61. The van der Waals surface area contributed by atoms with Crippen LogP contribution in [-0.4, -0.2) is 20.7 Å². The minimum atomic E-state index is 0.491. The van der Waals surface area contributed by atoms with E-state index < -0.39 is 0 Å². The Morgan fingerprint density at radius 2 is 2.00 bits per heavy atom. The van der Waals surface area contributed by atoms with Gasteiger partial charge in [0.2, 0.25) is 0 Å². The average Bonchev–Trinajstić information content (AvgIpc) is 2.87. The van der Waals surface area contributed by atoms with Crippen LogP contribution in [0.3, 0.4) is 0 Å². The first-order valence-electron chi connectivity index (χ1n) is 6.81. The molecule has 0 radical (unpaired) electrons. The van der Waals surface area contributed by atoms with E-state index in [1.165, 1.54) is 11.3 Å². The minimum Gasteiger partial charge on any atom is -0.398 e. The molecule has 6 nitrogen and oxygen atoms in total. The zero-order valence-corrected chi connectivity index (χ0v) is 13.7. The fourth-order valence-corrected chi connectivity index (χ4v) is 3.31. The lowest BCUT2D eigenvalue weighted by atomic mass is 10.2. The van der Waals surface area contributed by atoms with Crippen molar-refractivity contribution in [3.8, 4) is 0 Å². The third kappa shape index (κ3) is 3.07. The second-order valence-electron chi connectivity index (χ2n) is 4.55. The average molecular weight is 332 g/mol. The van der Waals surface area contributed by atoms with E-state index in [0.29, 0.717) is 22.5 Å². The Morgan fingerprint density at radius 1 is 1.18 bits per heavy atom. The molecule has 2 heterocycles. The van der Waals surface area contributed by atoms with Gasteiger partial charge < -0.3 is 16.8 Å². The van der Waals surface area contributed by atoms with Crippen molar-refractivity contribution in [2.75, 3.05) is 22.5 Å². The van der Waals surface area contributed by atoms with Gasteiger partial charge in [-0.1, -0.05) is 48.2 Å². The highest BCUT2D eigenvalue weighted by atomic mass is 32.2. The quantitative estimate of drug-likeness (QED) is 0.375. The molecule has 0 aliphatic carbocycles. The highest BCUT2D eigenvalue weighted by molar-refractivity contribution is 7.99. The maximum Gasteiger partial charge on any atom is 0.191 e. The molecule has 0 aliphatic heterocycles. The van der Waals surface area contributed by atoms with Crippen molar-refractivity contribution in [2.24, 2.45) is 0 Å². The summed E-state index contributed by atoms with van der Waals surface area (Å²) in [7, 11) is 0. The third-order valence-electron chi connectivity index (χ3n) is 3.02. The Hall–Kier alpha value is -2.06. The number of thiazole rings is 1. The van der Waals surface area contributed by atoms with Gasteiger partial charge in [-0.3, -0.25) is 0 Å². The molecular formula is C14H16N6S2. The van der Waals surface area contributed by atoms with Gasteiger partial charge >= 0.3 is 0 Å². The predicted molar refractivity (Wildman–Crippen MR) is 94.2 cm³/mol. The van der Waals surface area contributed by atoms with Gasteiger partial charge in [0.1, 0.15) is 4.70 Å². The number of hydrogen-bond acceptors (Lipinski definition) is 8. The molecule has 0 saturated heterocycles. The molecule has 2 aromatic heterocycles. The first kappa shape index (κ1) is 14.9. The topological polar surface area (TPSA) is 103 Å². The maximum absolute atomic E-state index is 5.97. The summed E-state index contributed by atoms with van der Waals surface area (Å²) >= 11 is 2.96. The van der Waals surface area contributed by atoms with Gasteiger partial charge in [0, 0.05) is 12.2 Å². The van der Waals surface area contributed by atoms with Crippen LogP contribution in [0.1, 0.15) is 12.5 Å². The van der Waals surface area contributed by atoms with Crippen molar-refractivity contribution < 1.29 is 0 Å². The summed E-state index contributed by atoms with van der Waals surface area (Å²) in [6.45, 7) is 2.65. The van der Waals surface area contributed by atoms with Crippen LogP contribution >= 0.6 is 23.1 Å². The second-order valence-corrected chi connectivity index (χ2v) is 6.81. The van der Waals surface area contributed by atoms with Crippen molar-refractivity contribution in [3.63, 3.8) is 0 Å². The summed E-state index contributed by atoms with van der Waals surface area (Å²) in [6.07, 6.45) is 0. The van der Waals surface area contributed by atoms with Crippen LogP contribution in [0.25, 0.3) is 10.3 Å². The molecule has 22 heavy (non-hydrogen) atoms. The van der Waals surface area contributed by atoms with Crippen LogP contribution in [0.4, 0.5) is 16.6 Å². The van der Waals surface area contributed by atoms with E-state index in [4.69, 9.17) is 11.5 Å². The fourth-order valence-electron chi connectivity index (χ4n) is 2.01. The van der Waals surface area contributed by atoms with Crippen LogP contribution in [0.15, 0.2) is 29.4 Å². The number of aromatic nitrogens is 3. The molecule has 0 aliphatic rings. The molecule has 5 N–H and O–H groups in total. The summed E-state index contributed by atoms with van der Waals surface area (Å²) in [6, 6.07) is 7.76. The van der Waals surface area contributed by atoms with Gasteiger partial charge in [-0.15, -0.1) is 0 Å². The van der Waals surface area contributed by atoms with E-state index in [1.807, 2.05) is 24.3 Å².